The number of aromatic nitrogens is 1. The van der Waals surface area contributed by atoms with Crippen molar-refractivity contribution in [3.05, 3.63) is 11.1 Å². The predicted molar refractivity (Wildman–Crippen MR) is 108 cm³/mol. The zero-order valence-corrected chi connectivity index (χ0v) is 17.3. The Bertz CT molecular complexity index is 600. The Kier molecular flexibility index (Phi) is 4.64. The Hall–Kier alpha value is -0.610. The van der Waals surface area contributed by atoms with Crippen molar-refractivity contribution in [2.45, 2.75) is 65.7 Å². The quantitative estimate of drug-likeness (QED) is 0.812. The van der Waals surface area contributed by atoms with E-state index in [1.807, 2.05) is 11.3 Å². The molecule has 3 nitrogen and oxygen atoms in total. The molecule has 3 fully saturated rings. The molecule has 0 aromatic carbocycles. The van der Waals surface area contributed by atoms with E-state index in [1.165, 1.54) is 42.9 Å². The lowest BCUT2D eigenvalue weighted by Gasteiger charge is -2.55. The smallest absolute Gasteiger partial charge is 0.185 e. The van der Waals surface area contributed by atoms with Crippen LogP contribution in [0.5, 0.6) is 0 Å². The van der Waals surface area contributed by atoms with E-state index < -0.39 is 0 Å². The molecule has 140 valence electrons. The van der Waals surface area contributed by atoms with Gasteiger partial charge < -0.3 is 10.2 Å². The average molecular weight is 362 g/mol. The number of fused-ring (bicyclic) bond motifs is 1. The van der Waals surface area contributed by atoms with Crippen LogP contribution in [0.3, 0.4) is 0 Å². The van der Waals surface area contributed by atoms with Crippen LogP contribution in [0, 0.1) is 22.7 Å². The summed E-state index contributed by atoms with van der Waals surface area (Å²) in [5.74, 6) is 2.44. The van der Waals surface area contributed by atoms with Crippen molar-refractivity contribution in [2.75, 3.05) is 31.1 Å². The lowest BCUT2D eigenvalue weighted by Crippen LogP contribution is -2.47. The highest BCUT2D eigenvalue weighted by Crippen LogP contribution is 2.59. The van der Waals surface area contributed by atoms with E-state index in [0.717, 1.165) is 38.0 Å². The number of nitrogens with one attached hydrogen (secondary N) is 1. The van der Waals surface area contributed by atoms with Gasteiger partial charge in [0.25, 0.3) is 0 Å². The number of rotatable bonds is 2. The van der Waals surface area contributed by atoms with Gasteiger partial charge in [0.05, 0.1) is 5.69 Å². The number of thiazole rings is 1. The topological polar surface area (TPSA) is 28.2 Å². The lowest BCUT2D eigenvalue weighted by molar-refractivity contribution is -0.0501. The summed E-state index contributed by atoms with van der Waals surface area (Å²) in [5, 5.41) is 7.05. The van der Waals surface area contributed by atoms with Gasteiger partial charge in [0.2, 0.25) is 0 Å². The third-order valence-corrected chi connectivity index (χ3v) is 8.51. The first-order chi connectivity index (χ1) is 11.9. The maximum Gasteiger partial charge on any atom is 0.185 e. The third kappa shape index (κ3) is 3.37. The van der Waals surface area contributed by atoms with E-state index in [9.17, 15) is 0 Å². The minimum atomic E-state index is 0.496. The minimum absolute atomic E-state index is 0.496. The van der Waals surface area contributed by atoms with Crippen molar-refractivity contribution in [1.29, 1.82) is 0 Å². The molecule has 1 aliphatic heterocycles. The number of hydrogen-bond acceptors (Lipinski definition) is 4. The Labute approximate surface area is 157 Å². The first-order valence-electron chi connectivity index (χ1n) is 10.3. The van der Waals surface area contributed by atoms with Crippen LogP contribution in [0.2, 0.25) is 0 Å². The zero-order valence-electron chi connectivity index (χ0n) is 16.5. The molecule has 2 saturated carbocycles. The number of nitrogens with zero attached hydrogens (tertiary/aromatic N) is 2. The summed E-state index contributed by atoms with van der Waals surface area (Å²) in [6, 6.07) is 0. The van der Waals surface area contributed by atoms with Gasteiger partial charge in [0.15, 0.2) is 5.13 Å². The van der Waals surface area contributed by atoms with Crippen LogP contribution in [0.15, 0.2) is 5.38 Å². The van der Waals surface area contributed by atoms with Gasteiger partial charge in [-0.15, -0.1) is 11.3 Å². The summed E-state index contributed by atoms with van der Waals surface area (Å²) in [6.07, 6.45) is 6.87. The maximum absolute atomic E-state index is 5.10. The van der Waals surface area contributed by atoms with Gasteiger partial charge in [-0.3, -0.25) is 0 Å². The van der Waals surface area contributed by atoms with Crippen LogP contribution in [0.4, 0.5) is 5.13 Å². The molecular formula is C21H35N3S. The van der Waals surface area contributed by atoms with Crippen LogP contribution < -0.4 is 10.2 Å². The fourth-order valence-electron chi connectivity index (χ4n) is 5.72. The highest BCUT2D eigenvalue weighted by Gasteiger charge is 2.50. The molecule has 4 rings (SSSR count). The zero-order chi connectivity index (χ0) is 17.7. The van der Waals surface area contributed by atoms with Crippen LogP contribution in [-0.2, 0) is 0 Å². The van der Waals surface area contributed by atoms with E-state index in [1.54, 1.807) is 0 Å². The molecule has 3 unspecified atom stereocenters. The second-order valence-corrected chi connectivity index (χ2v) is 10.8. The summed E-state index contributed by atoms with van der Waals surface area (Å²) < 4.78 is 0. The van der Waals surface area contributed by atoms with Crippen molar-refractivity contribution < 1.29 is 0 Å². The van der Waals surface area contributed by atoms with E-state index in [2.05, 4.69) is 43.3 Å². The molecule has 1 aromatic rings. The Morgan fingerprint density at radius 1 is 1.04 bits per heavy atom. The lowest BCUT2D eigenvalue weighted by atomic mass is 9.49. The molecule has 2 aliphatic carbocycles. The molecular weight excluding hydrogens is 326 g/mol. The Morgan fingerprint density at radius 3 is 2.44 bits per heavy atom. The second-order valence-electron chi connectivity index (χ2n) is 9.99. The summed E-state index contributed by atoms with van der Waals surface area (Å²) in [5.41, 5.74) is 2.41. The van der Waals surface area contributed by atoms with Gasteiger partial charge in [-0.05, 0) is 54.8 Å². The molecule has 25 heavy (non-hydrogen) atoms. The number of hydrogen-bond donors (Lipinski definition) is 1. The summed E-state index contributed by atoms with van der Waals surface area (Å²) in [4.78, 5) is 7.56. The van der Waals surface area contributed by atoms with Gasteiger partial charge in [0, 0.05) is 37.5 Å². The summed E-state index contributed by atoms with van der Waals surface area (Å²) in [7, 11) is 0. The van der Waals surface area contributed by atoms with Crippen molar-refractivity contribution in [3.63, 3.8) is 0 Å². The monoisotopic (exact) mass is 361 g/mol. The second kappa shape index (κ2) is 6.53. The molecule has 0 amide bonds. The normalized spacial score (nSPS) is 34.6. The number of piperazine rings is 1. The minimum Gasteiger partial charge on any atom is -0.346 e. The largest absolute Gasteiger partial charge is 0.346 e. The average Bonchev–Trinajstić information content (AvgIpc) is 3.10. The molecule has 1 aromatic heterocycles. The van der Waals surface area contributed by atoms with E-state index in [4.69, 9.17) is 4.98 Å². The van der Waals surface area contributed by atoms with E-state index in [-0.39, 0.29) is 0 Å². The molecule has 3 aliphatic rings. The van der Waals surface area contributed by atoms with Crippen LogP contribution in [-0.4, -0.2) is 31.2 Å². The van der Waals surface area contributed by atoms with Gasteiger partial charge >= 0.3 is 0 Å². The Balaban J connectivity index is 1.50. The highest BCUT2D eigenvalue weighted by molar-refractivity contribution is 7.13. The molecule has 0 radical (unpaired) electrons. The van der Waals surface area contributed by atoms with Gasteiger partial charge in [0.1, 0.15) is 0 Å². The predicted octanol–water partition coefficient (Wildman–Crippen LogP) is 4.90. The summed E-state index contributed by atoms with van der Waals surface area (Å²) in [6.45, 7) is 14.5. The fourth-order valence-corrected chi connectivity index (χ4v) is 6.68. The third-order valence-electron chi connectivity index (χ3n) is 7.59. The molecule has 1 saturated heterocycles. The standard InChI is InChI=1S/C21H35N3S/c1-20(2)7-8-21(3,4)17-13-15(5-6-16(17)20)18-14-25-19(23-18)24-11-9-22-10-12-24/h14-17,22H,5-13H2,1-4H3. The summed E-state index contributed by atoms with van der Waals surface area (Å²) >= 11 is 1.87. The van der Waals surface area contributed by atoms with Crippen molar-refractivity contribution in [1.82, 2.24) is 10.3 Å². The van der Waals surface area contributed by atoms with Crippen molar-refractivity contribution >= 4 is 16.5 Å². The Morgan fingerprint density at radius 2 is 1.72 bits per heavy atom. The van der Waals surface area contributed by atoms with Gasteiger partial charge in [-0.25, -0.2) is 4.98 Å². The number of anilines is 1. The van der Waals surface area contributed by atoms with E-state index >= 15 is 0 Å². The van der Waals surface area contributed by atoms with Crippen LogP contribution in [0.25, 0.3) is 0 Å². The van der Waals surface area contributed by atoms with Gasteiger partial charge in [-0.2, -0.15) is 0 Å². The van der Waals surface area contributed by atoms with Crippen LogP contribution >= 0.6 is 11.3 Å². The van der Waals surface area contributed by atoms with Crippen LogP contribution in [0.1, 0.15) is 71.4 Å². The van der Waals surface area contributed by atoms with Crippen molar-refractivity contribution in [2.24, 2.45) is 22.7 Å². The SMILES string of the molecule is CC1(C)CCC(C)(C)C2CC(c3csc(N4CCNCC4)n3)CCC21. The van der Waals surface area contributed by atoms with Gasteiger partial charge in [-0.1, -0.05) is 27.7 Å². The fraction of sp³-hybridized carbons (Fsp3) is 0.857. The highest BCUT2D eigenvalue weighted by atomic mass is 32.1. The molecule has 3 atom stereocenters. The molecule has 0 bridgehead atoms. The first-order valence-corrected chi connectivity index (χ1v) is 11.2. The molecule has 2 heterocycles. The molecule has 1 N–H and O–H groups in total. The maximum atomic E-state index is 5.10. The van der Waals surface area contributed by atoms with Crippen molar-refractivity contribution in [3.8, 4) is 0 Å². The molecule has 4 heteroatoms. The first kappa shape index (κ1) is 17.8. The van der Waals surface area contributed by atoms with E-state index in [0.29, 0.717) is 16.7 Å². The molecule has 0 spiro atoms.